The number of nitrogens with one attached hydrogen (secondary N) is 1. The highest BCUT2D eigenvalue weighted by molar-refractivity contribution is 5.88. The van der Waals surface area contributed by atoms with Crippen LogP contribution in [0.5, 0.6) is 0 Å². The number of hydrogen-bond acceptors (Lipinski definition) is 5. The fourth-order valence-electron chi connectivity index (χ4n) is 2.58. The zero-order valence-corrected chi connectivity index (χ0v) is 12.3. The number of methoxy groups -OCH3 is 1. The van der Waals surface area contributed by atoms with Crippen LogP contribution in [0, 0.1) is 0 Å². The van der Waals surface area contributed by atoms with Crippen LogP contribution in [-0.4, -0.2) is 49.1 Å². The first-order chi connectivity index (χ1) is 9.70. The molecule has 2 heterocycles. The van der Waals surface area contributed by atoms with E-state index in [0.717, 1.165) is 25.3 Å². The van der Waals surface area contributed by atoms with Gasteiger partial charge in [0.25, 0.3) is 0 Å². The third kappa shape index (κ3) is 4.02. The summed E-state index contributed by atoms with van der Waals surface area (Å²) < 4.78 is 4.67. The first-order valence-corrected chi connectivity index (χ1v) is 7.15. The number of aromatic nitrogens is 1. The molecule has 2 rings (SSSR count). The second-order valence-corrected chi connectivity index (χ2v) is 5.28. The van der Waals surface area contributed by atoms with E-state index in [-0.39, 0.29) is 5.97 Å². The number of nitrogens with zero attached hydrogens (tertiary/aromatic N) is 2. The lowest BCUT2D eigenvalue weighted by atomic mass is 10.1. The van der Waals surface area contributed by atoms with E-state index in [0.29, 0.717) is 11.6 Å². The minimum Gasteiger partial charge on any atom is -0.465 e. The quantitative estimate of drug-likeness (QED) is 0.844. The summed E-state index contributed by atoms with van der Waals surface area (Å²) in [6, 6.07) is 4.28. The summed E-state index contributed by atoms with van der Waals surface area (Å²) in [4.78, 5) is 18.1. The molecule has 0 spiro atoms. The Morgan fingerprint density at radius 2 is 2.30 bits per heavy atom. The van der Waals surface area contributed by atoms with Gasteiger partial charge in [-0.3, -0.25) is 9.88 Å². The molecule has 0 bridgehead atoms. The predicted molar refractivity (Wildman–Crippen MR) is 77.6 cm³/mol. The van der Waals surface area contributed by atoms with Crippen molar-refractivity contribution in [2.45, 2.75) is 31.8 Å². The van der Waals surface area contributed by atoms with Gasteiger partial charge in [0, 0.05) is 18.8 Å². The normalized spacial score (nSPS) is 19.6. The minimum atomic E-state index is -0.341. The van der Waals surface area contributed by atoms with E-state index in [2.05, 4.69) is 27.0 Å². The van der Waals surface area contributed by atoms with E-state index in [9.17, 15) is 4.79 Å². The highest BCUT2D eigenvalue weighted by Gasteiger charge is 2.17. The molecule has 20 heavy (non-hydrogen) atoms. The van der Waals surface area contributed by atoms with Crippen LogP contribution in [0.25, 0.3) is 0 Å². The van der Waals surface area contributed by atoms with Crippen molar-refractivity contribution in [3.8, 4) is 0 Å². The maximum Gasteiger partial charge on any atom is 0.339 e. The molecule has 1 N–H and O–H groups in total. The second kappa shape index (κ2) is 7.36. The lowest BCUT2D eigenvalue weighted by Gasteiger charge is -2.26. The molecule has 1 aromatic heterocycles. The van der Waals surface area contributed by atoms with Crippen LogP contribution in [-0.2, 0) is 11.3 Å². The van der Waals surface area contributed by atoms with Gasteiger partial charge in [0.15, 0.2) is 0 Å². The molecule has 1 fully saturated rings. The number of ether oxygens (including phenoxy) is 1. The molecule has 0 saturated carbocycles. The van der Waals surface area contributed by atoms with Gasteiger partial charge in [-0.05, 0) is 51.5 Å². The molecule has 1 unspecified atom stereocenters. The fourth-order valence-corrected chi connectivity index (χ4v) is 2.58. The standard InChI is InChI=1S/C15H23N3O2/c1-18(14-4-3-8-16-9-7-14)11-13-6-5-12(10-17-13)15(19)20-2/h5-6,10,14,16H,3-4,7-9,11H2,1-2H3. The van der Waals surface area contributed by atoms with Gasteiger partial charge in [0.2, 0.25) is 0 Å². The van der Waals surface area contributed by atoms with Crippen molar-refractivity contribution in [2.75, 3.05) is 27.2 Å². The SMILES string of the molecule is COC(=O)c1ccc(CN(C)C2CCCNCC2)nc1. The van der Waals surface area contributed by atoms with Crippen LogP contribution >= 0.6 is 0 Å². The van der Waals surface area contributed by atoms with Gasteiger partial charge in [0.05, 0.1) is 18.4 Å². The number of carbonyl (C=O) groups excluding carboxylic acids is 1. The molecule has 110 valence electrons. The third-order valence-corrected chi connectivity index (χ3v) is 3.83. The van der Waals surface area contributed by atoms with Crippen molar-refractivity contribution in [3.05, 3.63) is 29.6 Å². The van der Waals surface area contributed by atoms with Crippen LogP contribution < -0.4 is 5.32 Å². The Hall–Kier alpha value is -1.46. The van der Waals surface area contributed by atoms with Crippen molar-refractivity contribution < 1.29 is 9.53 Å². The molecular weight excluding hydrogens is 254 g/mol. The first kappa shape index (κ1) is 14.9. The summed E-state index contributed by atoms with van der Waals surface area (Å²) in [5, 5.41) is 3.43. The summed E-state index contributed by atoms with van der Waals surface area (Å²) in [7, 11) is 3.52. The average molecular weight is 277 g/mol. The molecule has 0 radical (unpaired) electrons. The van der Waals surface area contributed by atoms with Crippen LogP contribution in [0.3, 0.4) is 0 Å². The van der Waals surface area contributed by atoms with Crippen LogP contribution in [0.4, 0.5) is 0 Å². The molecule has 0 aromatic carbocycles. The number of carbonyl (C=O) groups is 1. The lowest BCUT2D eigenvalue weighted by molar-refractivity contribution is 0.0600. The molecule has 0 aliphatic carbocycles. The van der Waals surface area contributed by atoms with Gasteiger partial charge in [-0.2, -0.15) is 0 Å². The molecule has 1 saturated heterocycles. The molecule has 5 nitrogen and oxygen atoms in total. The topological polar surface area (TPSA) is 54.5 Å². The summed E-state index contributed by atoms with van der Waals surface area (Å²) >= 11 is 0. The number of esters is 1. The van der Waals surface area contributed by atoms with Gasteiger partial charge < -0.3 is 10.1 Å². The Morgan fingerprint density at radius 3 is 3.00 bits per heavy atom. The van der Waals surface area contributed by atoms with E-state index in [1.165, 1.54) is 26.4 Å². The Morgan fingerprint density at radius 1 is 1.45 bits per heavy atom. The first-order valence-electron chi connectivity index (χ1n) is 7.15. The smallest absolute Gasteiger partial charge is 0.339 e. The number of rotatable bonds is 4. The van der Waals surface area contributed by atoms with Crippen LogP contribution in [0.2, 0.25) is 0 Å². The highest BCUT2D eigenvalue weighted by atomic mass is 16.5. The Balaban J connectivity index is 1.93. The third-order valence-electron chi connectivity index (χ3n) is 3.83. The maximum absolute atomic E-state index is 11.4. The van der Waals surface area contributed by atoms with Crippen molar-refractivity contribution in [1.82, 2.24) is 15.2 Å². The molecule has 1 aliphatic heterocycles. The molecule has 5 heteroatoms. The van der Waals surface area contributed by atoms with Crippen molar-refractivity contribution in [1.29, 1.82) is 0 Å². The Bertz CT molecular complexity index is 425. The van der Waals surface area contributed by atoms with E-state index in [4.69, 9.17) is 0 Å². The molecule has 1 aliphatic rings. The monoisotopic (exact) mass is 277 g/mol. The van der Waals surface area contributed by atoms with Crippen molar-refractivity contribution in [3.63, 3.8) is 0 Å². The summed E-state index contributed by atoms with van der Waals surface area (Å²) in [5.74, 6) is -0.341. The van der Waals surface area contributed by atoms with Crippen LogP contribution in [0.1, 0.15) is 35.3 Å². The summed E-state index contributed by atoms with van der Waals surface area (Å²) in [5.41, 5.74) is 1.48. The van der Waals surface area contributed by atoms with E-state index >= 15 is 0 Å². The zero-order valence-electron chi connectivity index (χ0n) is 12.3. The van der Waals surface area contributed by atoms with Gasteiger partial charge in [-0.25, -0.2) is 4.79 Å². The molecular formula is C15H23N3O2. The molecule has 0 amide bonds. The summed E-state index contributed by atoms with van der Waals surface area (Å²) in [6.45, 7) is 3.02. The van der Waals surface area contributed by atoms with Crippen molar-refractivity contribution in [2.24, 2.45) is 0 Å². The van der Waals surface area contributed by atoms with Gasteiger partial charge in [-0.15, -0.1) is 0 Å². The van der Waals surface area contributed by atoms with Crippen molar-refractivity contribution >= 4 is 5.97 Å². The molecule has 1 atom stereocenters. The van der Waals surface area contributed by atoms with E-state index in [1.54, 1.807) is 12.3 Å². The Kier molecular flexibility index (Phi) is 5.49. The number of hydrogen-bond donors (Lipinski definition) is 1. The molecule has 1 aromatic rings. The minimum absolute atomic E-state index is 0.341. The predicted octanol–water partition coefficient (Wildman–Crippen LogP) is 1.44. The second-order valence-electron chi connectivity index (χ2n) is 5.28. The van der Waals surface area contributed by atoms with Gasteiger partial charge >= 0.3 is 5.97 Å². The lowest BCUT2D eigenvalue weighted by Crippen LogP contribution is -2.32. The van der Waals surface area contributed by atoms with Gasteiger partial charge in [-0.1, -0.05) is 0 Å². The number of pyridine rings is 1. The maximum atomic E-state index is 11.4. The van der Waals surface area contributed by atoms with Crippen LogP contribution in [0.15, 0.2) is 18.3 Å². The van der Waals surface area contributed by atoms with Gasteiger partial charge in [0.1, 0.15) is 0 Å². The largest absolute Gasteiger partial charge is 0.465 e. The van der Waals surface area contributed by atoms with E-state index in [1.807, 2.05) is 6.07 Å². The summed E-state index contributed by atoms with van der Waals surface area (Å²) in [6.07, 6.45) is 5.22. The Labute approximate surface area is 120 Å². The average Bonchev–Trinajstić information content (AvgIpc) is 2.76. The van der Waals surface area contributed by atoms with E-state index < -0.39 is 0 Å². The fraction of sp³-hybridized carbons (Fsp3) is 0.600. The zero-order chi connectivity index (χ0) is 14.4. The highest BCUT2D eigenvalue weighted by Crippen LogP contribution is 2.14.